The zero-order chi connectivity index (χ0) is 21.7. The van der Waals surface area contributed by atoms with Gasteiger partial charge in [-0.1, -0.05) is 6.07 Å². The molecule has 0 radical (unpaired) electrons. The first-order valence-electron chi connectivity index (χ1n) is 9.63. The van der Waals surface area contributed by atoms with Crippen LogP contribution in [0.1, 0.15) is 12.0 Å². The van der Waals surface area contributed by atoms with E-state index >= 15 is 0 Å². The van der Waals surface area contributed by atoms with Gasteiger partial charge < -0.3 is 16.0 Å². The van der Waals surface area contributed by atoms with Crippen LogP contribution in [-0.2, 0) is 6.54 Å². The van der Waals surface area contributed by atoms with E-state index in [9.17, 15) is 13.6 Å². The lowest BCUT2D eigenvalue weighted by Crippen LogP contribution is -2.23. The third-order valence-corrected chi connectivity index (χ3v) is 4.57. The zero-order valence-electron chi connectivity index (χ0n) is 17.0. The number of anilines is 2. The van der Waals surface area contributed by atoms with Crippen molar-refractivity contribution < 1.29 is 8.78 Å². The second kappa shape index (κ2) is 9.49. The van der Waals surface area contributed by atoms with Crippen molar-refractivity contribution in [1.29, 1.82) is 0 Å². The molecule has 3 rings (SSSR count). The van der Waals surface area contributed by atoms with Gasteiger partial charge in [0, 0.05) is 24.2 Å². The van der Waals surface area contributed by atoms with Crippen molar-refractivity contribution >= 4 is 11.4 Å². The molecular formula is C22H25F2N5O. The molecule has 3 N–H and O–H groups in total. The van der Waals surface area contributed by atoms with Gasteiger partial charge in [-0.15, -0.1) is 0 Å². The zero-order valence-corrected chi connectivity index (χ0v) is 17.0. The summed E-state index contributed by atoms with van der Waals surface area (Å²) in [6, 6.07) is 11.4. The number of hydrogen-bond donors (Lipinski definition) is 2. The van der Waals surface area contributed by atoms with Gasteiger partial charge in [-0.25, -0.2) is 13.5 Å². The average molecular weight is 413 g/mol. The first-order valence-corrected chi connectivity index (χ1v) is 9.63. The van der Waals surface area contributed by atoms with Crippen LogP contribution in [0.3, 0.4) is 0 Å². The minimum atomic E-state index is -0.701. The molecule has 30 heavy (non-hydrogen) atoms. The van der Waals surface area contributed by atoms with Gasteiger partial charge in [0.2, 0.25) is 0 Å². The van der Waals surface area contributed by atoms with Crippen LogP contribution >= 0.6 is 0 Å². The topological polar surface area (TPSA) is 76.2 Å². The van der Waals surface area contributed by atoms with Gasteiger partial charge in [0.05, 0.1) is 23.6 Å². The molecule has 0 aliphatic rings. The summed E-state index contributed by atoms with van der Waals surface area (Å²) in [5, 5.41) is 7.60. The van der Waals surface area contributed by atoms with Gasteiger partial charge >= 0.3 is 0 Å². The summed E-state index contributed by atoms with van der Waals surface area (Å²) in [5.41, 5.74) is 8.56. The fourth-order valence-electron chi connectivity index (χ4n) is 3.06. The number of aromatic nitrogens is 2. The first-order chi connectivity index (χ1) is 14.3. The van der Waals surface area contributed by atoms with Crippen molar-refractivity contribution in [3.05, 3.63) is 76.1 Å². The molecule has 2 aromatic carbocycles. The summed E-state index contributed by atoms with van der Waals surface area (Å²) in [5.74, 6) is -1.40. The quantitative estimate of drug-likeness (QED) is 0.438. The lowest BCUT2D eigenvalue weighted by molar-refractivity contribution is 0.405. The lowest BCUT2D eigenvalue weighted by Gasteiger charge is -2.14. The molecule has 8 heteroatoms. The van der Waals surface area contributed by atoms with Crippen molar-refractivity contribution in [2.45, 2.75) is 13.0 Å². The Morgan fingerprint density at radius 1 is 1.07 bits per heavy atom. The highest BCUT2D eigenvalue weighted by Gasteiger charge is 2.09. The Morgan fingerprint density at radius 2 is 1.80 bits per heavy atom. The van der Waals surface area contributed by atoms with Gasteiger partial charge in [0.1, 0.15) is 11.6 Å². The fourth-order valence-corrected chi connectivity index (χ4v) is 3.06. The predicted molar refractivity (Wildman–Crippen MR) is 115 cm³/mol. The highest BCUT2D eigenvalue weighted by Crippen LogP contribution is 2.21. The van der Waals surface area contributed by atoms with Gasteiger partial charge in [-0.3, -0.25) is 4.79 Å². The number of hydrogen-bond acceptors (Lipinski definition) is 5. The molecule has 158 valence electrons. The van der Waals surface area contributed by atoms with E-state index < -0.39 is 11.6 Å². The third-order valence-electron chi connectivity index (χ3n) is 4.57. The molecule has 0 saturated carbocycles. The number of benzene rings is 2. The van der Waals surface area contributed by atoms with Gasteiger partial charge in [-0.05, 0) is 63.0 Å². The highest BCUT2D eigenvalue weighted by atomic mass is 19.1. The van der Waals surface area contributed by atoms with Crippen molar-refractivity contribution in [3.8, 4) is 11.3 Å². The SMILES string of the molecule is CN(C)CCCNc1cc(Cn2nc(-c3cc(F)cc(F)c3)ccc2=O)ccc1N. The van der Waals surface area contributed by atoms with Crippen molar-refractivity contribution in [2.24, 2.45) is 0 Å². The highest BCUT2D eigenvalue weighted by molar-refractivity contribution is 5.67. The van der Waals surface area contributed by atoms with Crippen molar-refractivity contribution in [3.63, 3.8) is 0 Å². The molecular weight excluding hydrogens is 388 g/mol. The van der Waals surface area contributed by atoms with E-state index in [1.807, 2.05) is 26.2 Å². The van der Waals surface area contributed by atoms with Crippen LogP contribution in [-0.4, -0.2) is 41.9 Å². The van der Waals surface area contributed by atoms with Crippen LogP contribution < -0.4 is 16.6 Å². The fraction of sp³-hybridized carbons (Fsp3) is 0.273. The lowest BCUT2D eigenvalue weighted by atomic mass is 10.1. The number of nitrogens with two attached hydrogens (primary N) is 1. The molecule has 0 aliphatic carbocycles. The van der Waals surface area contributed by atoms with Crippen molar-refractivity contribution in [2.75, 3.05) is 38.2 Å². The molecule has 0 unspecified atom stereocenters. The van der Waals surface area contributed by atoms with Crippen LogP contribution in [0, 0.1) is 11.6 Å². The minimum Gasteiger partial charge on any atom is -0.397 e. The largest absolute Gasteiger partial charge is 0.397 e. The van der Waals surface area contributed by atoms with E-state index in [-0.39, 0.29) is 17.7 Å². The van der Waals surface area contributed by atoms with Gasteiger partial charge in [0.25, 0.3) is 5.56 Å². The molecule has 1 aromatic heterocycles. The van der Waals surface area contributed by atoms with Crippen LogP contribution in [0.5, 0.6) is 0 Å². The Kier molecular flexibility index (Phi) is 6.79. The Morgan fingerprint density at radius 3 is 2.50 bits per heavy atom. The monoisotopic (exact) mass is 413 g/mol. The predicted octanol–water partition coefficient (Wildman–Crippen LogP) is 3.18. The maximum atomic E-state index is 13.5. The van der Waals surface area contributed by atoms with Crippen molar-refractivity contribution in [1.82, 2.24) is 14.7 Å². The summed E-state index contributed by atoms with van der Waals surface area (Å²) in [6.45, 7) is 1.93. The molecule has 0 bridgehead atoms. The first kappa shape index (κ1) is 21.4. The molecule has 0 saturated heterocycles. The number of nitrogen functional groups attached to an aromatic ring is 1. The number of halogens is 2. The van der Waals surface area contributed by atoms with Gasteiger partial charge in [0.15, 0.2) is 0 Å². The third kappa shape index (κ3) is 5.64. The Balaban J connectivity index is 1.80. The maximum Gasteiger partial charge on any atom is 0.267 e. The van der Waals surface area contributed by atoms with E-state index in [1.54, 1.807) is 6.07 Å². The minimum absolute atomic E-state index is 0.205. The summed E-state index contributed by atoms with van der Waals surface area (Å²) in [7, 11) is 4.04. The van der Waals surface area contributed by atoms with E-state index in [0.717, 1.165) is 36.8 Å². The van der Waals surface area contributed by atoms with Crippen LogP contribution in [0.15, 0.2) is 53.3 Å². The molecule has 0 spiro atoms. The van der Waals surface area contributed by atoms with Crippen LogP contribution in [0.2, 0.25) is 0 Å². The molecule has 6 nitrogen and oxygen atoms in total. The summed E-state index contributed by atoms with van der Waals surface area (Å²) < 4.78 is 28.3. The summed E-state index contributed by atoms with van der Waals surface area (Å²) >= 11 is 0. The second-order valence-electron chi connectivity index (χ2n) is 7.38. The molecule has 0 fully saturated rings. The smallest absolute Gasteiger partial charge is 0.267 e. The average Bonchev–Trinajstić information content (AvgIpc) is 2.68. The van der Waals surface area contributed by atoms with E-state index in [1.165, 1.54) is 28.9 Å². The Bertz CT molecular complexity index is 1060. The van der Waals surface area contributed by atoms with E-state index in [4.69, 9.17) is 5.73 Å². The molecule has 0 aliphatic heterocycles. The molecule has 3 aromatic rings. The Labute approximate surface area is 173 Å². The van der Waals surface area contributed by atoms with Crippen LogP contribution in [0.25, 0.3) is 11.3 Å². The summed E-state index contributed by atoms with van der Waals surface area (Å²) in [6.07, 6.45) is 0.962. The van der Waals surface area contributed by atoms with E-state index in [0.29, 0.717) is 11.4 Å². The maximum absolute atomic E-state index is 13.5. The molecule has 1 heterocycles. The summed E-state index contributed by atoms with van der Waals surface area (Å²) in [4.78, 5) is 14.4. The number of nitrogens with one attached hydrogen (secondary N) is 1. The Hall–Kier alpha value is -3.26. The number of nitrogens with zero attached hydrogens (tertiary/aromatic N) is 3. The number of rotatable bonds is 8. The molecule has 0 atom stereocenters. The van der Waals surface area contributed by atoms with Gasteiger partial charge in [-0.2, -0.15) is 5.10 Å². The molecule has 0 amide bonds. The van der Waals surface area contributed by atoms with Crippen LogP contribution in [0.4, 0.5) is 20.2 Å². The standard InChI is InChI=1S/C22H25F2N5O/c1-28(2)9-3-8-26-21-10-15(4-5-19(21)25)14-29-22(30)7-6-20(27-29)16-11-17(23)13-18(24)12-16/h4-7,10-13,26H,3,8-9,14,25H2,1-2H3. The van der Waals surface area contributed by atoms with E-state index in [2.05, 4.69) is 15.3 Å². The second-order valence-corrected chi connectivity index (χ2v) is 7.38. The normalized spacial score (nSPS) is 11.1.